The Morgan fingerprint density at radius 1 is 1.64 bits per heavy atom. The number of carbonyl (C=O) groups excluding carboxylic acids is 1. The molecule has 14 heavy (non-hydrogen) atoms. The predicted molar refractivity (Wildman–Crippen MR) is 54.7 cm³/mol. The van der Waals surface area contributed by atoms with Gasteiger partial charge in [-0.25, -0.2) is 0 Å². The second kappa shape index (κ2) is 3.35. The molecule has 0 spiro atoms. The van der Waals surface area contributed by atoms with Gasteiger partial charge in [-0.3, -0.25) is 4.79 Å². The van der Waals surface area contributed by atoms with Crippen LogP contribution in [0.2, 0.25) is 0 Å². The van der Waals surface area contributed by atoms with Crippen LogP contribution in [0, 0.1) is 11.8 Å². The minimum absolute atomic E-state index is 0.0266. The van der Waals surface area contributed by atoms with E-state index < -0.39 is 5.60 Å². The van der Waals surface area contributed by atoms with Gasteiger partial charge in [-0.15, -0.1) is 6.58 Å². The summed E-state index contributed by atoms with van der Waals surface area (Å²) in [5, 5.41) is 10.2. The molecule has 1 fully saturated rings. The fourth-order valence-corrected chi connectivity index (χ4v) is 2.77. The zero-order chi connectivity index (χ0) is 10.2. The van der Waals surface area contributed by atoms with Crippen molar-refractivity contribution in [3.05, 3.63) is 24.8 Å². The smallest absolute Gasteiger partial charge is 0.165 e. The molecule has 76 valence electrons. The molecule has 2 nitrogen and oxygen atoms in total. The average molecular weight is 192 g/mol. The van der Waals surface area contributed by atoms with Crippen molar-refractivity contribution >= 4 is 5.78 Å². The first-order chi connectivity index (χ1) is 6.68. The largest absolute Gasteiger partial charge is 0.381 e. The van der Waals surface area contributed by atoms with Crippen molar-refractivity contribution in [2.24, 2.45) is 11.8 Å². The maximum atomic E-state index is 11.7. The number of hydrogen-bond acceptors (Lipinski definition) is 2. The van der Waals surface area contributed by atoms with Crippen molar-refractivity contribution in [1.29, 1.82) is 0 Å². The quantitative estimate of drug-likeness (QED) is 0.678. The molecule has 0 aromatic carbocycles. The Kier molecular flexibility index (Phi) is 2.31. The number of allylic oxidation sites excluding steroid dienone is 2. The molecule has 2 heteroatoms. The van der Waals surface area contributed by atoms with Crippen LogP contribution < -0.4 is 0 Å². The van der Waals surface area contributed by atoms with E-state index in [0.717, 1.165) is 12.8 Å². The van der Waals surface area contributed by atoms with Gasteiger partial charge in [-0.2, -0.15) is 0 Å². The maximum absolute atomic E-state index is 11.7. The molecule has 0 aliphatic heterocycles. The number of Topliss-reactive ketones (excluding diaryl/α,β-unsaturated/α-hetero) is 1. The highest BCUT2D eigenvalue weighted by atomic mass is 16.3. The van der Waals surface area contributed by atoms with Crippen molar-refractivity contribution in [2.75, 3.05) is 0 Å². The highest BCUT2D eigenvalue weighted by molar-refractivity contribution is 5.90. The number of ketones is 1. The standard InChI is InChI=1S/C12H16O2/c1-2-5-9-8-11(13)12(14)7-4-3-6-10(9)12/h2-4,9-10,14H,1,5-8H2/t9?,10-,12-/m1/s1. The summed E-state index contributed by atoms with van der Waals surface area (Å²) in [5.41, 5.74) is -1.05. The molecular weight excluding hydrogens is 176 g/mol. The van der Waals surface area contributed by atoms with Gasteiger partial charge >= 0.3 is 0 Å². The normalized spacial score (nSPS) is 41.1. The number of hydrogen-bond donors (Lipinski definition) is 1. The first-order valence-electron chi connectivity index (χ1n) is 5.20. The highest BCUT2D eigenvalue weighted by Gasteiger charge is 2.52. The van der Waals surface area contributed by atoms with E-state index in [1.807, 2.05) is 12.2 Å². The Hall–Kier alpha value is -0.890. The van der Waals surface area contributed by atoms with Crippen LogP contribution in [-0.4, -0.2) is 16.5 Å². The summed E-state index contributed by atoms with van der Waals surface area (Å²) in [6, 6.07) is 0. The van der Waals surface area contributed by atoms with E-state index >= 15 is 0 Å². The topological polar surface area (TPSA) is 37.3 Å². The predicted octanol–water partition coefficient (Wildman–Crippen LogP) is 1.85. The molecule has 0 aromatic heterocycles. The van der Waals surface area contributed by atoms with Crippen molar-refractivity contribution in [3.8, 4) is 0 Å². The molecule has 1 saturated carbocycles. The second-order valence-electron chi connectivity index (χ2n) is 4.35. The monoisotopic (exact) mass is 192 g/mol. The Labute approximate surface area is 84.3 Å². The second-order valence-corrected chi connectivity index (χ2v) is 4.35. The molecule has 0 heterocycles. The summed E-state index contributed by atoms with van der Waals surface area (Å²) in [5.74, 6) is 0.451. The van der Waals surface area contributed by atoms with Gasteiger partial charge in [-0.05, 0) is 18.8 Å². The third kappa shape index (κ3) is 1.25. The number of rotatable bonds is 2. The lowest BCUT2D eigenvalue weighted by Crippen LogP contribution is -2.41. The van der Waals surface area contributed by atoms with Gasteiger partial charge in [0.2, 0.25) is 0 Å². The number of carbonyl (C=O) groups is 1. The van der Waals surface area contributed by atoms with Gasteiger partial charge in [0.1, 0.15) is 5.60 Å². The first kappa shape index (κ1) is 9.66. The molecule has 0 bridgehead atoms. The van der Waals surface area contributed by atoms with E-state index in [4.69, 9.17) is 0 Å². The maximum Gasteiger partial charge on any atom is 0.165 e. The zero-order valence-electron chi connectivity index (χ0n) is 8.28. The van der Waals surface area contributed by atoms with Crippen LogP contribution in [0.25, 0.3) is 0 Å². The zero-order valence-corrected chi connectivity index (χ0v) is 8.28. The lowest BCUT2D eigenvalue weighted by Gasteiger charge is -2.32. The van der Waals surface area contributed by atoms with Gasteiger partial charge < -0.3 is 5.11 Å². The molecule has 0 saturated heterocycles. The van der Waals surface area contributed by atoms with Crippen LogP contribution >= 0.6 is 0 Å². The van der Waals surface area contributed by atoms with Crippen LogP contribution in [0.5, 0.6) is 0 Å². The first-order valence-corrected chi connectivity index (χ1v) is 5.20. The molecule has 1 unspecified atom stereocenters. The highest BCUT2D eigenvalue weighted by Crippen LogP contribution is 2.45. The van der Waals surface area contributed by atoms with Crippen molar-refractivity contribution in [2.45, 2.75) is 31.3 Å². The van der Waals surface area contributed by atoms with E-state index in [0.29, 0.717) is 18.8 Å². The van der Waals surface area contributed by atoms with E-state index in [-0.39, 0.29) is 11.7 Å². The van der Waals surface area contributed by atoms with Gasteiger partial charge in [0.25, 0.3) is 0 Å². The molecular formula is C12H16O2. The van der Waals surface area contributed by atoms with Crippen LogP contribution in [-0.2, 0) is 4.79 Å². The van der Waals surface area contributed by atoms with Crippen LogP contribution in [0.15, 0.2) is 24.8 Å². The third-order valence-electron chi connectivity index (χ3n) is 3.57. The molecule has 0 amide bonds. The lowest BCUT2D eigenvalue weighted by atomic mass is 9.77. The van der Waals surface area contributed by atoms with E-state index in [1.54, 1.807) is 0 Å². The molecule has 0 aromatic rings. The van der Waals surface area contributed by atoms with Gasteiger partial charge in [0.15, 0.2) is 5.78 Å². The third-order valence-corrected chi connectivity index (χ3v) is 3.57. The van der Waals surface area contributed by atoms with Crippen molar-refractivity contribution < 1.29 is 9.90 Å². The Balaban J connectivity index is 2.25. The van der Waals surface area contributed by atoms with E-state index in [9.17, 15) is 9.90 Å². The summed E-state index contributed by atoms with van der Waals surface area (Å²) in [6.07, 6.45) is 8.55. The number of fused-ring (bicyclic) bond motifs is 1. The molecule has 2 aliphatic carbocycles. The number of aliphatic hydroxyl groups is 1. The van der Waals surface area contributed by atoms with Crippen molar-refractivity contribution in [1.82, 2.24) is 0 Å². The Morgan fingerprint density at radius 3 is 3.14 bits per heavy atom. The summed E-state index contributed by atoms with van der Waals surface area (Å²) >= 11 is 0. The van der Waals surface area contributed by atoms with E-state index in [1.165, 1.54) is 0 Å². The minimum atomic E-state index is -1.05. The molecule has 2 rings (SSSR count). The fourth-order valence-electron chi connectivity index (χ4n) is 2.77. The molecule has 0 radical (unpaired) electrons. The fraction of sp³-hybridized carbons (Fsp3) is 0.583. The van der Waals surface area contributed by atoms with Gasteiger partial charge in [-0.1, -0.05) is 18.2 Å². The SMILES string of the molecule is C=CCC1CC(=O)[C@@]2(O)CC=CC[C@H]12. The van der Waals surface area contributed by atoms with Gasteiger partial charge in [0, 0.05) is 18.8 Å². The summed E-state index contributed by atoms with van der Waals surface area (Å²) in [6.45, 7) is 3.70. The molecule has 1 N–H and O–H groups in total. The molecule has 3 atom stereocenters. The summed E-state index contributed by atoms with van der Waals surface area (Å²) in [4.78, 5) is 11.7. The van der Waals surface area contributed by atoms with Crippen molar-refractivity contribution in [3.63, 3.8) is 0 Å². The summed E-state index contributed by atoms with van der Waals surface area (Å²) < 4.78 is 0. The molecule has 2 aliphatic rings. The van der Waals surface area contributed by atoms with Gasteiger partial charge in [0.05, 0.1) is 0 Å². The van der Waals surface area contributed by atoms with E-state index in [2.05, 4.69) is 12.7 Å². The van der Waals surface area contributed by atoms with Crippen LogP contribution in [0.1, 0.15) is 25.7 Å². The summed E-state index contributed by atoms with van der Waals surface area (Å²) in [7, 11) is 0. The lowest BCUT2D eigenvalue weighted by molar-refractivity contribution is -0.136. The van der Waals surface area contributed by atoms with Crippen LogP contribution in [0.3, 0.4) is 0 Å². The Bertz CT molecular complexity index is 293. The Morgan fingerprint density at radius 2 is 2.43 bits per heavy atom. The minimum Gasteiger partial charge on any atom is -0.381 e. The van der Waals surface area contributed by atoms with Crippen LogP contribution in [0.4, 0.5) is 0 Å². The average Bonchev–Trinajstić information content (AvgIpc) is 2.41.